The summed E-state index contributed by atoms with van der Waals surface area (Å²) < 4.78 is 0. The van der Waals surface area contributed by atoms with E-state index in [-0.39, 0.29) is 0 Å². The van der Waals surface area contributed by atoms with Gasteiger partial charge in [-0.15, -0.1) is 0 Å². The molecule has 0 aliphatic rings. The van der Waals surface area contributed by atoms with E-state index in [0.29, 0.717) is 11.9 Å². The average molecular weight is 112 g/mol. The molecule has 0 heterocycles. The second-order valence-electron chi connectivity index (χ2n) is 1.37. The van der Waals surface area contributed by atoms with Crippen LogP contribution in [0.15, 0.2) is 24.0 Å². The van der Waals surface area contributed by atoms with Crippen molar-refractivity contribution >= 4 is 6.29 Å². The molecule has 0 aliphatic carbocycles. The monoisotopic (exact) mass is 112 g/mol. The van der Waals surface area contributed by atoms with Crippen molar-refractivity contribution in [1.29, 1.82) is 0 Å². The minimum Gasteiger partial charge on any atom is -0.515 e. The summed E-state index contributed by atoms with van der Waals surface area (Å²) in [6, 6.07) is 0. The van der Waals surface area contributed by atoms with Crippen molar-refractivity contribution in [2.75, 3.05) is 0 Å². The van der Waals surface area contributed by atoms with Crippen LogP contribution >= 0.6 is 0 Å². The Morgan fingerprint density at radius 1 is 1.62 bits per heavy atom. The van der Waals surface area contributed by atoms with Crippen molar-refractivity contribution in [3.05, 3.63) is 24.0 Å². The lowest BCUT2D eigenvalue weighted by Gasteiger charge is -1.80. The first-order chi connectivity index (χ1) is 3.81. The van der Waals surface area contributed by atoms with E-state index in [1.165, 1.54) is 12.2 Å². The van der Waals surface area contributed by atoms with Gasteiger partial charge in [-0.3, -0.25) is 4.79 Å². The van der Waals surface area contributed by atoms with Gasteiger partial charge in [-0.25, -0.2) is 0 Å². The summed E-state index contributed by atoms with van der Waals surface area (Å²) in [5, 5.41) is 8.23. The van der Waals surface area contributed by atoms with Crippen LogP contribution in [0, 0.1) is 0 Å². The zero-order valence-corrected chi connectivity index (χ0v) is 4.66. The molecular formula is C6H8O2. The van der Waals surface area contributed by atoms with Gasteiger partial charge >= 0.3 is 0 Å². The number of rotatable bonds is 2. The maximum absolute atomic E-state index is 9.63. The minimum atomic E-state index is 0.660. The number of carbonyl (C=O) groups excluding carboxylic acids is 1. The zero-order valence-electron chi connectivity index (χ0n) is 4.66. The predicted molar refractivity (Wildman–Crippen MR) is 31.6 cm³/mol. The summed E-state index contributed by atoms with van der Waals surface area (Å²) >= 11 is 0. The zero-order chi connectivity index (χ0) is 6.41. The van der Waals surface area contributed by atoms with Gasteiger partial charge < -0.3 is 5.11 Å². The van der Waals surface area contributed by atoms with Crippen LogP contribution in [-0.4, -0.2) is 11.4 Å². The maximum Gasteiger partial charge on any atom is 0.142 e. The smallest absolute Gasteiger partial charge is 0.142 e. The molecule has 2 nitrogen and oxygen atoms in total. The number of aliphatic hydroxyl groups excluding tert-OH is 1. The van der Waals surface area contributed by atoms with E-state index in [0.717, 1.165) is 6.26 Å². The van der Waals surface area contributed by atoms with Crippen molar-refractivity contribution < 1.29 is 9.90 Å². The second-order valence-corrected chi connectivity index (χ2v) is 1.37. The van der Waals surface area contributed by atoms with E-state index >= 15 is 0 Å². The third-order valence-corrected chi connectivity index (χ3v) is 0.641. The Labute approximate surface area is 48.1 Å². The second kappa shape index (κ2) is 4.12. The molecule has 0 spiro atoms. The molecule has 0 aromatic carbocycles. The van der Waals surface area contributed by atoms with Crippen molar-refractivity contribution in [1.82, 2.24) is 0 Å². The van der Waals surface area contributed by atoms with Crippen molar-refractivity contribution in [2.24, 2.45) is 0 Å². The summed E-state index contributed by atoms with van der Waals surface area (Å²) in [6.45, 7) is 1.69. The number of hydrogen-bond donors (Lipinski definition) is 1. The average Bonchev–Trinajstić information content (AvgIpc) is 1.83. The number of allylic oxidation sites excluding steroid dienone is 3. The SMILES string of the molecule is CC(=C/O)/C=C/C=O. The third-order valence-electron chi connectivity index (χ3n) is 0.641. The van der Waals surface area contributed by atoms with Crippen LogP contribution < -0.4 is 0 Å². The molecule has 2 heteroatoms. The van der Waals surface area contributed by atoms with Crippen LogP contribution in [0.25, 0.3) is 0 Å². The topological polar surface area (TPSA) is 37.3 Å². The standard InChI is InChI=1S/C6H8O2/c1-6(5-8)3-2-4-7/h2-5,8H,1H3/b3-2+,6-5-. The summed E-state index contributed by atoms with van der Waals surface area (Å²) in [5.41, 5.74) is 0.664. The highest BCUT2D eigenvalue weighted by atomic mass is 16.2. The van der Waals surface area contributed by atoms with E-state index in [1.54, 1.807) is 6.92 Å². The molecule has 1 N–H and O–H groups in total. The highest BCUT2D eigenvalue weighted by Crippen LogP contribution is 1.89. The number of hydrogen-bond acceptors (Lipinski definition) is 2. The molecule has 0 saturated heterocycles. The lowest BCUT2D eigenvalue weighted by atomic mass is 10.3. The molecule has 0 fully saturated rings. The van der Waals surface area contributed by atoms with Crippen LogP contribution in [0.4, 0.5) is 0 Å². The van der Waals surface area contributed by atoms with E-state index in [1.807, 2.05) is 0 Å². The van der Waals surface area contributed by atoms with Gasteiger partial charge in [0.15, 0.2) is 0 Å². The highest BCUT2D eigenvalue weighted by Gasteiger charge is 1.74. The summed E-state index contributed by atoms with van der Waals surface area (Å²) in [5.74, 6) is 0. The van der Waals surface area contributed by atoms with Gasteiger partial charge in [-0.2, -0.15) is 0 Å². The first kappa shape index (κ1) is 6.95. The quantitative estimate of drug-likeness (QED) is 0.252. The van der Waals surface area contributed by atoms with Crippen molar-refractivity contribution in [3.8, 4) is 0 Å². The highest BCUT2D eigenvalue weighted by molar-refractivity contribution is 5.65. The predicted octanol–water partition coefficient (Wildman–Crippen LogP) is 1.20. The fraction of sp³-hybridized carbons (Fsp3) is 0.167. The first-order valence-corrected chi connectivity index (χ1v) is 2.24. The molecule has 0 rings (SSSR count). The fourth-order valence-electron chi connectivity index (χ4n) is 0.234. The summed E-state index contributed by atoms with van der Waals surface area (Å²) in [4.78, 5) is 9.63. The first-order valence-electron chi connectivity index (χ1n) is 2.24. The number of carbonyl (C=O) groups is 1. The van der Waals surface area contributed by atoms with E-state index in [4.69, 9.17) is 5.11 Å². The van der Waals surface area contributed by atoms with Crippen LogP contribution in [0.3, 0.4) is 0 Å². The van der Waals surface area contributed by atoms with Gasteiger partial charge in [0.25, 0.3) is 0 Å². The van der Waals surface area contributed by atoms with Crippen LogP contribution in [-0.2, 0) is 4.79 Å². The molecule has 0 unspecified atom stereocenters. The van der Waals surface area contributed by atoms with Crippen molar-refractivity contribution in [2.45, 2.75) is 6.92 Å². The van der Waals surface area contributed by atoms with Crippen LogP contribution in [0.5, 0.6) is 0 Å². The summed E-state index contributed by atoms with van der Waals surface area (Å²) in [6.07, 6.45) is 4.45. The lowest BCUT2D eigenvalue weighted by molar-refractivity contribution is -0.104. The third kappa shape index (κ3) is 3.15. The van der Waals surface area contributed by atoms with Crippen LogP contribution in [0.2, 0.25) is 0 Å². The molecule has 0 atom stereocenters. The largest absolute Gasteiger partial charge is 0.515 e. The van der Waals surface area contributed by atoms with E-state index in [9.17, 15) is 4.79 Å². The van der Waals surface area contributed by atoms with Gasteiger partial charge in [0.05, 0.1) is 6.26 Å². The molecule has 0 aliphatic heterocycles. The Bertz CT molecular complexity index is 122. The normalized spacial score (nSPS) is 12.4. The molecular weight excluding hydrogens is 104 g/mol. The Hall–Kier alpha value is -1.05. The van der Waals surface area contributed by atoms with Gasteiger partial charge in [0.1, 0.15) is 6.29 Å². The van der Waals surface area contributed by atoms with E-state index < -0.39 is 0 Å². The molecule has 0 bridgehead atoms. The van der Waals surface area contributed by atoms with Gasteiger partial charge in [-0.1, -0.05) is 6.08 Å². The maximum atomic E-state index is 9.63. The molecule has 0 aromatic heterocycles. The fourth-order valence-corrected chi connectivity index (χ4v) is 0.234. The van der Waals surface area contributed by atoms with Crippen LogP contribution in [0.1, 0.15) is 6.92 Å². The minimum absolute atomic E-state index is 0.660. The number of aldehydes is 1. The molecule has 0 amide bonds. The van der Waals surface area contributed by atoms with Gasteiger partial charge in [-0.05, 0) is 18.6 Å². The van der Waals surface area contributed by atoms with Gasteiger partial charge in [0.2, 0.25) is 0 Å². The molecule has 44 valence electrons. The Kier molecular flexibility index (Phi) is 3.58. The Morgan fingerprint density at radius 2 is 2.25 bits per heavy atom. The van der Waals surface area contributed by atoms with Gasteiger partial charge in [0, 0.05) is 0 Å². The Balaban J connectivity index is 3.69. The summed E-state index contributed by atoms with van der Waals surface area (Å²) in [7, 11) is 0. The molecule has 0 saturated carbocycles. The van der Waals surface area contributed by atoms with E-state index in [2.05, 4.69) is 0 Å². The molecule has 0 aromatic rings. The molecule has 0 radical (unpaired) electrons. The Morgan fingerprint density at radius 3 is 2.62 bits per heavy atom. The van der Waals surface area contributed by atoms with Crippen molar-refractivity contribution in [3.63, 3.8) is 0 Å². The number of aliphatic hydroxyl groups is 1. The lowest BCUT2D eigenvalue weighted by Crippen LogP contribution is -1.66. The molecule has 8 heavy (non-hydrogen) atoms.